The van der Waals surface area contributed by atoms with E-state index in [9.17, 15) is 0 Å². The van der Waals surface area contributed by atoms with Crippen molar-refractivity contribution in [3.05, 3.63) is 21.4 Å². The highest BCUT2D eigenvalue weighted by molar-refractivity contribution is 7.12. The number of rotatable bonds is 7. The summed E-state index contributed by atoms with van der Waals surface area (Å²) in [5.41, 5.74) is 1.51. The molecule has 0 bridgehead atoms. The lowest BCUT2D eigenvalue weighted by atomic mass is 10.1. The van der Waals surface area contributed by atoms with Crippen LogP contribution in [0.5, 0.6) is 0 Å². The van der Waals surface area contributed by atoms with E-state index in [4.69, 9.17) is 0 Å². The van der Waals surface area contributed by atoms with E-state index in [-0.39, 0.29) is 0 Å². The molecule has 1 unspecified atom stereocenters. The standard InChI is InChI=1S/C16H29N3S/c1-5-17-9-16-8-15(13(2)20-16)12-19(4)11-14-6-7-18(3)10-14/h8,14,17H,5-7,9-12H2,1-4H3. The molecule has 1 N–H and O–H groups in total. The lowest BCUT2D eigenvalue weighted by Gasteiger charge is -2.20. The van der Waals surface area contributed by atoms with Crippen LogP contribution in [0, 0.1) is 12.8 Å². The highest BCUT2D eigenvalue weighted by atomic mass is 32.1. The van der Waals surface area contributed by atoms with Crippen LogP contribution in [0.25, 0.3) is 0 Å². The zero-order valence-electron chi connectivity index (χ0n) is 13.4. The van der Waals surface area contributed by atoms with Gasteiger partial charge in [0.25, 0.3) is 0 Å². The number of likely N-dealkylation sites (tertiary alicyclic amines) is 1. The Balaban J connectivity index is 1.84. The van der Waals surface area contributed by atoms with E-state index in [1.165, 1.54) is 41.4 Å². The Labute approximate surface area is 128 Å². The average molecular weight is 295 g/mol. The van der Waals surface area contributed by atoms with Crippen LogP contribution in [0.2, 0.25) is 0 Å². The molecule has 2 rings (SSSR count). The van der Waals surface area contributed by atoms with Gasteiger partial charge in [0.15, 0.2) is 0 Å². The summed E-state index contributed by atoms with van der Waals surface area (Å²) in [5, 5.41) is 3.41. The normalized spacial score (nSPS) is 20.1. The second-order valence-electron chi connectivity index (χ2n) is 6.19. The van der Waals surface area contributed by atoms with Crippen LogP contribution >= 0.6 is 11.3 Å². The molecule has 4 heteroatoms. The van der Waals surface area contributed by atoms with Gasteiger partial charge in [-0.15, -0.1) is 11.3 Å². The minimum Gasteiger partial charge on any atom is -0.312 e. The summed E-state index contributed by atoms with van der Waals surface area (Å²) in [5.74, 6) is 0.852. The molecule has 0 amide bonds. The molecule has 3 nitrogen and oxygen atoms in total. The van der Waals surface area contributed by atoms with Crippen molar-refractivity contribution in [1.82, 2.24) is 15.1 Å². The van der Waals surface area contributed by atoms with Gasteiger partial charge in [-0.3, -0.25) is 0 Å². The first kappa shape index (κ1) is 16.0. The summed E-state index contributed by atoms with van der Waals surface area (Å²) in [7, 11) is 4.50. The number of aryl methyl sites for hydroxylation is 1. The number of nitrogens with zero attached hydrogens (tertiary/aromatic N) is 2. The Morgan fingerprint density at radius 1 is 1.50 bits per heavy atom. The van der Waals surface area contributed by atoms with Gasteiger partial charge in [0.2, 0.25) is 0 Å². The van der Waals surface area contributed by atoms with E-state index in [2.05, 4.69) is 49.1 Å². The van der Waals surface area contributed by atoms with E-state index in [1.807, 2.05) is 11.3 Å². The monoisotopic (exact) mass is 295 g/mol. The molecule has 20 heavy (non-hydrogen) atoms. The molecule has 2 heterocycles. The van der Waals surface area contributed by atoms with Gasteiger partial charge in [0.05, 0.1) is 0 Å². The summed E-state index contributed by atoms with van der Waals surface area (Å²) < 4.78 is 0. The van der Waals surface area contributed by atoms with E-state index in [0.717, 1.165) is 25.6 Å². The molecular formula is C16H29N3S. The van der Waals surface area contributed by atoms with Gasteiger partial charge in [-0.1, -0.05) is 6.92 Å². The highest BCUT2D eigenvalue weighted by Gasteiger charge is 2.21. The Hall–Kier alpha value is -0.420. The third-order valence-corrected chi connectivity index (χ3v) is 5.21. The third-order valence-electron chi connectivity index (χ3n) is 4.12. The van der Waals surface area contributed by atoms with Crippen molar-refractivity contribution in [2.45, 2.75) is 33.4 Å². The van der Waals surface area contributed by atoms with Gasteiger partial charge in [0.1, 0.15) is 0 Å². The smallest absolute Gasteiger partial charge is 0.0299 e. The molecule has 1 aromatic heterocycles. The summed E-state index contributed by atoms with van der Waals surface area (Å²) in [4.78, 5) is 7.89. The largest absolute Gasteiger partial charge is 0.312 e. The predicted octanol–water partition coefficient (Wildman–Crippen LogP) is 2.55. The lowest BCUT2D eigenvalue weighted by Crippen LogP contribution is -2.27. The number of hydrogen-bond donors (Lipinski definition) is 1. The van der Waals surface area contributed by atoms with Crippen LogP contribution in [0.1, 0.15) is 28.7 Å². The summed E-state index contributed by atoms with van der Waals surface area (Å²) in [6.07, 6.45) is 1.36. The van der Waals surface area contributed by atoms with Crippen molar-refractivity contribution in [1.29, 1.82) is 0 Å². The molecular weight excluding hydrogens is 266 g/mol. The lowest BCUT2D eigenvalue weighted by molar-refractivity contribution is 0.267. The quantitative estimate of drug-likeness (QED) is 0.834. The highest BCUT2D eigenvalue weighted by Crippen LogP contribution is 2.23. The molecule has 0 aromatic carbocycles. The van der Waals surface area contributed by atoms with Gasteiger partial charge >= 0.3 is 0 Å². The zero-order chi connectivity index (χ0) is 14.5. The van der Waals surface area contributed by atoms with Crippen molar-refractivity contribution < 1.29 is 0 Å². The van der Waals surface area contributed by atoms with Gasteiger partial charge in [-0.2, -0.15) is 0 Å². The molecule has 1 aromatic rings. The molecule has 0 spiro atoms. The fourth-order valence-corrected chi connectivity index (χ4v) is 4.07. The Morgan fingerprint density at radius 3 is 2.95 bits per heavy atom. The first-order valence-electron chi connectivity index (χ1n) is 7.74. The van der Waals surface area contributed by atoms with Crippen LogP contribution < -0.4 is 5.32 Å². The maximum absolute atomic E-state index is 3.41. The molecule has 0 saturated carbocycles. The summed E-state index contributed by atoms with van der Waals surface area (Å²) >= 11 is 1.94. The number of nitrogens with one attached hydrogen (secondary N) is 1. The molecule has 1 fully saturated rings. The maximum atomic E-state index is 3.41. The fraction of sp³-hybridized carbons (Fsp3) is 0.750. The molecule has 1 atom stereocenters. The van der Waals surface area contributed by atoms with Gasteiger partial charge < -0.3 is 15.1 Å². The Bertz CT molecular complexity index is 416. The SMILES string of the molecule is CCNCc1cc(CN(C)CC2CCN(C)C2)c(C)s1. The van der Waals surface area contributed by atoms with Gasteiger partial charge in [-0.05, 0) is 58.1 Å². The van der Waals surface area contributed by atoms with E-state index in [0.29, 0.717) is 0 Å². The topological polar surface area (TPSA) is 18.5 Å². The minimum atomic E-state index is 0.852. The maximum Gasteiger partial charge on any atom is 0.0299 e. The Kier molecular flexibility index (Phi) is 6.02. The predicted molar refractivity (Wildman–Crippen MR) is 88.4 cm³/mol. The van der Waals surface area contributed by atoms with Crippen molar-refractivity contribution in [3.8, 4) is 0 Å². The first-order chi connectivity index (χ1) is 9.58. The van der Waals surface area contributed by atoms with Crippen molar-refractivity contribution in [3.63, 3.8) is 0 Å². The molecule has 1 saturated heterocycles. The van der Waals surface area contributed by atoms with Crippen molar-refractivity contribution >= 4 is 11.3 Å². The van der Waals surface area contributed by atoms with Crippen LogP contribution in [0.15, 0.2) is 6.07 Å². The van der Waals surface area contributed by atoms with Gasteiger partial charge in [0, 0.05) is 35.9 Å². The number of hydrogen-bond acceptors (Lipinski definition) is 4. The second kappa shape index (κ2) is 7.55. The summed E-state index contributed by atoms with van der Waals surface area (Å²) in [6, 6.07) is 2.39. The number of thiophene rings is 1. The molecule has 114 valence electrons. The van der Waals surface area contributed by atoms with Crippen molar-refractivity contribution in [2.24, 2.45) is 5.92 Å². The zero-order valence-corrected chi connectivity index (χ0v) is 14.2. The van der Waals surface area contributed by atoms with Crippen LogP contribution in [0.3, 0.4) is 0 Å². The van der Waals surface area contributed by atoms with Crippen LogP contribution in [-0.4, -0.2) is 50.1 Å². The van der Waals surface area contributed by atoms with E-state index >= 15 is 0 Å². The second-order valence-corrected chi connectivity index (χ2v) is 7.53. The fourth-order valence-electron chi connectivity index (χ4n) is 3.05. The first-order valence-corrected chi connectivity index (χ1v) is 8.56. The minimum absolute atomic E-state index is 0.852. The van der Waals surface area contributed by atoms with Gasteiger partial charge in [-0.25, -0.2) is 0 Å². The van der Waals surface area contributed by atoms with E-state index in [1.54, 1.807) is 0 Å². The summed E-state index contributed by atoms with van der Waals surface area (Å²) in [6.45, 7) is 11.3. The van der Waals surface area contributed by atoms with Crippen LogP contribution in [0.4, 0.5) is 0 Å². The van der Waals surface area contributed by atoms with Crippen molar-refractivity contribution in [2.75, 3.05) is 40.3 Å². The average Bonchev–Trinajstić information content (AvgIpc) is 2.94. The molecule has 0 radical (unpaired) electrons. The molecule has 0 aliphatic carbocycles. The van der Waals surface area contributed by atoms with Crippen LogP contribution in [-0.2, 0) is 13.1 Å². The third kappa shape index (κ3) is 4.55. The molecule has 1 aliphatic rings. The Morgan fingerprint density at radius 2 is 2.30 bits per heavy atom. The van der Waals surface area contributed by atoms with E-state index < -0.39 is 0 Å². The molecule has 1 aliphatic heterocycles.